The molecule has 0 aliphatic heterocycles. The van der Waals surface area contributed by atoms with Crippen LogP contribution in [0.3, 0.4) is 0 Å². The molecule has 0 aromatic heterocycles. The lowest BCUT2D eigenvalue weighted by Crippen LogP contribution is -2.35. The summed E-state index contributed by atoms with van der Waals surface area (Å²) < 4.78 is 15.7. The zero-order valence-corrected chi connectivity index (χ0v) is 15.4. The van der Waals surface area contributed by atoms with E-state index in [1.165, 1.54) is 14.0 Å². The Bertz CT molecular complexity index is 788. The zero-order chi connectivity index (χ0) is 19.1. The van der Waals surface area contributed by atoms with E-state index in [9.17, 15) is 9.59 Å². The maximum Gasteiger partial charge on any atom is 0.342 e. The van der Waals surface area contributed by atoms with Crippen molar-refractivity contribution in [1.82, 2.24) is 5.32 Å². The van der Waals surface area contributed by atoms with Crippen LogP contribution in [-0.4, -0.2) is 32.2 Å². The Kier molecular flexibility index (Phi) is 6.60. The lowest BCUT2D eigenvalue weighted by Gasteiger charge is -2.16. The molecule has 0 bridgehead atoms. The van der Waals surface area contributed by atoms with Gasteiger partial charge in [-0.3, -0.25) is 4.79 Å². The summed E-state index contributed by atoms with van der Waals surface area (Å²) in [7, 11) is 3.05. The molecule has 1 amide bonds. The highest BCUT2D eigenvalue weighted by Crippen LogP contribution is 2.21. The lowest BCUT2D eigenvalue weighted by molar-refractivity contribution is -0.129. The van der Waals surface area contributed by atoms with Gasteiger partial charge in [0.25, 0.3) is 5.91 Å². The normalized spacial score (nSPS) is 11.4. The number of hydrogen-bond donors (Lipinski definition) is 1. The van der Waals surface area contributed by atoms with Crippen molar-refractivity contribution < 1.29 is 23.8 Å². The summed E-state index contributed by atoms with van der Waals surface area (Å²) >= 11 is 0. The first-order valence-electron chi connectivity index (χ1n) is 8.21. The predicted molar refractivity (Wildman–Crippen MR) is 97.4 cm³/mol. The molecule has 2 rings (SSSR count). The highest BCUT2D eigenvalue weighted by Gasteiger charge is 2.21. The second kappa shape index (κ2) is 8.89. The Morgan fingerprint density at radius 3 is 2.42 bits per heavy atom. The van der Waals surface area contributed by atoms with Crippen LogP contribution in [0, 0.1) is 6.92 Å². The van der Waals surface area contributed by atoms with Gasteiger partial charge in [0.1, 0.15) is 17.1 Å². The molecule has 26 heavy (non-hydrogen) atoms. The van der Waals surface area contributed by atoms with Gasteiger partial charge in [0.15, 0.2) is 6.10 Å². The molecule has 2 aromatic rings. The minimum absolute atomic E-state index is 0.276. The molecular weight excluding hydrogens is 334 g/mol. The van der Waals surface area contributed by atoms with Crippen molar-refractivity contribution in [2.75, 3.05) is 14.2 Å². The Hall–Kier alpha value is -3.02. The Balaban J connectivity index is 1.98. The molecule has 0 aliphatic rings. The number of ether oxygens (including phenoxy) is 3. The van der Waals surface area contributed by atoms with Crippen LogP contribution in [0.5, 0.6) is 11.5 Å². The summed E-state index contributed by atoms with van der Waals surface area (Å²) in [6.45, 7) is 3.66. The number of esters is 1. The van der Waals surface area contributed by atoms with Crippen LogP contribution in [0.15, 0.2) is 42.5 Å². The van der Waals surface area contributed by atoms with Crippen molar-refractivity contribution in [3.63, 3.8) is 0 Å². The maximum absolute atomic E-state index is 12.4. The molecule has 6 heteroatoms. The SMILES string of the molecule is COc1ccccc1CNC(=O)[C@@H](C)OC(=O)c1cc(C)ccc1OC. The molecule has 1 atom stereocenters. The molecule has 138 valence electrons. The van der Waals surface area contributed by atoms with Crippen LogP contribution >= 0.6 is 0 Å². The average Bonchev–Trinajstić information content (AvgIpc) is 2.66. The van der Waals surface area contributed by atoms with Crippen LogP contribution in [0.1, 0.15) is 28.4 Å². The van der Waals surface area contributed by atoms with Gasteiger partial charge in [0.05, 0.1) is 14.2 Å². The summed E-state index contributed by atoms with van der Waals surface area (Å²) in [5.41, 5.74) is 2.02. The van der Waals surface area contributed by atoms with Gasteiger partial charge in [0.2, 0.25) is 0 Å². The van der Waals surface area contributed by atoms with E-state index >= 15 is 0 Å². The van der Waals surface area contributed by atoms with E-state index in [0.717, 1.165) is 11.1 Å². The van der Waals surface area contributed by atoms with E-state index in [1.807, 2.05) is 37.3 Å². The molecule has 0 fully saturated rings. The van der Waals surface area contributed by atoms with Gasteiger partial charge < -0.3 is 19.5 Å². The van der Waals surface area contributed by atoms with Crippen molar-refractivity contribution in [1.29, 1.82) is 0 Å². The average molecular weight is 357 g/mol. The van der Waals surface area contributed by atoms with Gasteiger partial charge in [-0.25, -0.2) is 4.79 Å². The third-order valence-electron chi connectivity index (χ3n) is 3.87. The fourth-order valence-corrected chi connectivity index (χ4v) is 2.43. The smallest absolute Gasteiger partial charge is 0.342 e. The number of carbonyl (C=O) groups is 2. The largest absolute Gasteiger partial charge is 0.496 e. The first-order valence-corrected chi connectivity index (χ1v) is 8.21. The van der Waals surface area contributed by atoms with Gasteiger partial charge >= 0.3 is 5.97 Å². The molecule has 0 saturated heterocycles. The molecular formula is C20H23NO5. The zero-order valence-electron chi connectivity index (χ0n) is 15.4. The number of hydrogen-bond acceptors (Lipinski definition) is 5. The fourth-order valence-electron chi connectivity index (χ4n) is 2.43. The molecule has 6 nitrogen and oxygen atoms in total. The summed E-state index contributed by atoms with van der Waals surface area (Å²) in [5, 5.41) is 2.74. The number of amides is 1. The van der Waals surface area contributed by atoms with Crippen molar-refractivity contribution in [3.8, 4) is 11.5 Å². The quantitative estimate of drug-likeness (QED) is 0.772. The van der Waals surface area contributed by atoms with Crippen molar-refractivity contribution in [2.24, 2.45) is 0 Å². The number of para-hydroxylation sites is 1. The number of methoxy groups -OCH3 is 2. The standard InChI is InChI=1S/C20H23NO5/c1-13-9-10-18(25-4)16(11-13)20(23)26-14(2)19(22)21-12-15-7-5-6-8-17(15)24-3/h5-11,14H,12H2,1-4H3,(H,21,22)/t14-/m1/s1. The van der Waals surface area contributed by atoms with Gasteiger partial charge in [-0.15, -0.1) is 0 Å². The van der Waals surface area contributed by atoms with Gasteiger partial charge in [0, 0.05) is 12.1 Å². The van der Waals surface area contributed by atoms with Crippen LogP contribution in [-0.2, 0) is 16.1 Å². The number of carbonyl (C=O) groups excluding carboxylic acids is 2. The topological polar surface area (TPSA) is 73.9 Å². The third-order valence-corrected chi connectivity index (χ3v) is 3.87. The van der Waals surface area contributed by atoms with E-state index in [2.05, 4.69) is 5.32 Å². The minimum atomic E-state index is -0.942. The van der Waals surface area contributed by atoms with Crippen molar-refractivity contribution >= 4 is 11.9 Å². The van der Waals surface area contributed by atoms with Gasteiger partial charge in [-0.1, -0.05) is 29.8 Å². The van der Waals surface area contributed by atoms with E-state index in [1.54, 1.807) is 19.2 Å². The Labute approximate surface area is 153 Å². The monoisotopic (exact) mass is 357 g/mol. The molecule has 0 radical (unpaired) electrons. The lowest BCUT2D eigenvalue weighted by atomic mass is 10.1. The first kappa shape index (κ1) is 19.3. The number of rotatable bonds is 7. The molecule has 0 unspecified atom stereocenters. The Morgan fingerprint density at radius 2 is 1.73 bits per heavy atom. The van der Waals surface area contributed by atoms with E-state index in [-0.39, 0.29) is 12.1 Å². The molecule has 2 aromatic carbocycles. The first-order chi connectivity index (χ1) is 12.5. The van der Waals surface area contributed by atoms with E-state index < -0.39 is 18.0 Å². The predicted octanol–water partition coefficient (Wildman–Crippen LogP) is 2.87. The maximum atomic E-state index is 12.4. The summed E-state index contributed by atoms with van der Waals surface area (Å²) in [6, 6.07) is 12.6. The van der Waals surface area contributed by atoms with Crippen LogP contribution in [0.2, 0.25) is 0 Å². The highest BCUT2D eigenvalue weighted by molar-refractivity contribution is 5.94. The molecule has 0 heterocycles. The molecule has 0 spiro atoms. The summed E-state index contributed by atoms with van der Waals surface area (Å²) in [6.07, 6.45) is -0.942. The van der Waals surface area contributed by atoms with Gasteiger partial charge in [-0.05, 0) is 32.0 Å². The van der Waals surface area contributed by atoms with Gasteiger partial charge in [-0.2, -0.15) is 0 Å². The van der Waals surface area contributed by atoms with Crippen molar-refractivity contribution in [3.05, 3.63) is 59.2 Å². The molecule has 0 saturated carbocycles. The minimum Gasteiger partial charge on any atom is -0.496 e. The van der Waals surface area contributed by atoms with Crippen LogP contribution in [0.25, 0.3) is 0 Å². The third kappa shape index (κ3) is 4.75. The summed E-state index contributed by atoms with van der Waals surface area (Å²) in [5.74, 6) is 0.0885. The van der Waals surface area contributed by atoms with Crippen LogP contribution in [0.4, 0.5) is 0 Å². The van der Waals surface area contributed by atoms with E-state index in [0.29, 0.717) is 11.5 Å². The molecule has 1 N–H and O–H groups in total. The summed E-state index contributed by atoms with van der Waals surface area (Å²) in [4.78, 5) is 24.6. The highest BCUT2D eigenvalue weighted by atomic mass is 16.5. The number of nitrogens with one attached hydrogen (secondary N) is 1. The number of aryl methyl sites for hydroxylation is 1. The van der Waals surface area contributed by atoms with E-state index in [4.69, 9.17) is 14.2 Å². The fraction of sp³-hybridized carbons (Fsp3) is 0.300. The second-order valence-corrected chi connectivity index (χ2v) is 5.78. The van der Waals surface area contributed by atoms with Crippen LogP contribution < -0.4 is 14.8 Å². The second-order valence-electron chi connectivity index (χ2n) is 5.78. The molecule has 0 aliphatic carbocycles. The van der Waals surface area contributed by atoms with Crippen molar-refractivity contribution in [2.45, 2.75) is 26.5 Å². The Morgan fingerprint density at radius 1 is 1.04 bits per heavy atom. The number of benzene rings is 2.